The Balaban J connectivity index is 1.65. The minimum absolute atomic E-state index is 0.0471. The number of nitrogens with one attached hydrogen (secondary N) is 1. The van der Waals surface area contributed by atoms with E-state index in [4.69, 9.17) is 26.6 Å². The van der Waals surface area contributed by atoms with E-state index in [0.717, 1.165) is 5.57 Å². The van der Waals surface area contributed by atoms with Crippen molar-refractivity contribution in [2.75, 3.05) is 0 Å². The summed E-state index contributed by atoms with van der Waals surface area (Å²) in [5.41, 5.74) is 0.530. The Kier molecular flexibility index (Phi) is 7.55. The van der Waals surface area contributed by atoms with Crippen LogP contribution in [-0.2, 0) is 6.54 Å². The molecule has 2 aromatic heterocycles. The summed E-state index contributed by atoms with van der Waals surface area (Å²) in [6, 6.07) is 6.39. The molecular weight excluding hydrogens is 480 g/mol. The Morgan fingerprint density at radius 3 is 2.78 bits per heavy atom. The number of halogens is 1. The van der Waals surface area contributed by atoms with Gasteiger partial charge in [0.15, 0.2) is 0 Å². The first-order valence-corrected chi connectivity index (χ1v) is 12.1. The average molecular weight is 507 g/mol. The third kappa shape index (κ3) is 5.66. The summed E-state index contributed by atoms with van der Waals surface area (Å²) in [7, 11) is 0. The minimum atomic E-state index is -0.494. The highest BCUT2D eigenvalue weighted by Crippen LogP contribution is 2.23. The zero-order valence-corrected chi connectivity index (χ0v) is 21.1. The third-order valence-corrected chi connectivity index (χ3v) is 6.23. The van der Waals surface area contributed by atoms with Crippen LogP contribution in [0.2, 0.25) is 0 Å². The fraction of sp³-hybridized carbons (Fsp3) is 0.346. The number of aromatic nitrogens is 4. The van der Waals surface area contributed by atoms with E-state index in [-0.39, 0.29) is 29.3 Å². The highest BCUT2D eigenvalue weighted by molar-refractivity contribution is 6.31. The number of H-pyrrole nitrogens is 1. The SMILES string of the molecule is CC1=C(Oc2cccc(C#N)n2)C=CC(/N=c2\[nH]c(=O)n(C(C)C)c(=O)n2CC2C=CC(Cl)=CC2)C1. The molecule has 2 heterocycles. The molecule has 0 saturated heterocycles. The Bertz CT molecular complexity index is 1510. The van der Waals surface area contributed by atoms with Gasteiger partial charge in [0.1, 0.15) is 17.5 Å². The number of nitrogens with zero attached hydrogens (tertiary/aromatic N) is 5. The van der Waals surface area contributed by atoms with Crippen LogP contribution in [0.1, 0.15) is 45.3 Å². The largest absolute Gasteiger partial charge is 0.439 e. The molecule has 0 radical (unpaired) electrons. The van der Waals surface area contributed by atoms with Crippen molar-refractivity contribution in [1.82, 2.24) is 19.1 Å². The second-order valence-electron chi connectivity index (χ2n) is 9.03. The van der Waals surface area contributed by atoms with Crippen LogP contribution in [-0.4, -0.2) is 25.1 Å². The molecule has 0 saturated carbocycles. The molecule has 2 atom stereocenters. The summed E-state index contributed by atoms with van der Waals surface area (Å²) >= 11 is 6.05. The maximum atomic E-state index is 13.3. The van der Waals surface area contributed by atoms with Gasteiger partial charge in [0, 0.05) is 23.7 Å². The molecule has 0 aliphatic heterocycles. The van der Waals surface area contributed by atoms with Crippen molar-refractivity contribution in [3.8, 4) is 11.9 Å². The predicted molar refractivity (Wildman–Crippen MR) is 136 cm³/mol. The molecule has 2 aliphatic carbocycles. The van der Waals surface area contributed by atoms with E-state index in [2.05, 4.69) is 9.97 Å². The van der Waals surface area contributed by atoms with Crippen molar-refractivity contribution in [3.63, 3.8) is 0 Å². The van der Waals surface area contributed by atoms with Gasteiger partial charge in [0.25, 0.3) is 0 Å². The standard InChI is InChI=1S/C26H27ClN6O3/c1-16(2)33-25(34)31-24(32(26(33)35)15-18-7-9-19(27)10-8-18)30-20-11-12-22(17(3)13-20)36-23-6-4-5-21(14-28)29-23/h4-7,9-12,16,18,20H,8,13,15H2,1-3H3,(H,30,31,34). The highest BCUT2D eigenvalue weighted by Gasteiger charge is 2.19. The second kappa shape index (κ2) is 10.8. The van der Waals surface area contributed by atoms with Gasteiger partial charge in [-0.2, -0.15) is 5.26 Å². The highest BCUT2D eigenvalue weighted by atomic mass is 35.5. The summed E-state index contributed by atoms with van der Waals surface area (Å²) in [4.78, 5) is 37.7. The number of allylic oxidation sites excluding steroid dienone is 5. The Labute approximate surface area is 213 Å². The first-order chi connectivity index (χ1) is 17.2. The summed E-state index contributed by atoms with van der Waals surface area (Å²) in [6.45, 7) is 5.87. The van der Waals surface area contributed by atoms with Gasteiger partial charge in [0.05, 0.1) is 6.04 Å². The molecular formula is C26H27ClN6O3. The number of ether oxygens (including phenoxy) is 1. The first-order valence-electron chi connectivity index (χ1n) is 11.7. The molecule has 2 unspecified atom stereocenters. The van der Waals surface area contributed by atoms with Crippen LogP contribution in [0.15, 0.2) is 79.5 Å². The van der Waals surface area contributed by atoms with Crippen LogP contribution < -0.4 is 21.7 Å². The van der Waals surface area contributed by atoms with Crippen molar-refractivity contribution in [3.05, 3.63) is 97.2 Å². The summed E-state index contributed by atoms with van der Waals surface area (Å²) in [5, 5.41) is 9.72. The fourth-order valence-corrected chi connectivity index (χ4v) is 4.26. The predicted octanol–water partition coefficient (Wildman–Crippen LogP) is 3.47. The molecule has 36 heavy (non-hydrogen) atoms. The first kappa shape index (κ1) is 25.2. The number of nitriles is 1. The van der Waals surface area contributed by atoms with Crippen LogP contribution in [0, 0.1) is 17.2 Å². The van der Waals surface area contributed by atoms with E-state index < -0.39 is 11.4 Å². The second-order valence-corrected chi connectivity index (χ2v) is 9.47. The smallest absolute Gasteiger partial charge is 0.335 e. The molecule has 0 spiro atoms. The number of hydrogen-bond acceptors (Lipinski definition) is 6. The van der Waals surface area contributed by atoms with Gasteiger partial charge in [-0.05, 0) is 63.3 Å². The normalized spacial score (nSPS) is 20.0. The van der Waals surface area contributed by atoms with Gasteiger partial charge in [0.2, 0.25) is 11.5 Å². The number of hydrogen-bond donors (Lipinski definition) is 1. The van der Waals surface area contributed by atoms with Crippen molar-refractivity contribution < 1.29 is 4.74 Å². The van der Waals surface area contributed by atoms with Gasteiger partial charge < -0.3 is 4.74 Å². The van der Waals surface area contributed by atoms with Crippen LogP contribution in [0.3, 0.4) is 0 Å². The molecule has 10 heteroatoms. The van der Waals surface area contributed by atoms with Crippen molar-refractivity contribution in [2.45, 2.75) is 52.2 Å². The lowest BCUT2D eigenvalue weighted by atomic mass is 10.0. The van der Waals surface area contributed by atoms with Gasteiger partial charge in [-0.1, -0.05) is 35.9 Å². The van der Waals surface area contributed by atoms with E-state index in [1.54, 1.807) is 38.1 Å². The van der Waals surface area contributed by atoms with Crippen molar-refractivity contribution in [1.29, 1.82) is 5.26 Å². The number of aromatic amines is 1. The molecule has 0 amide bonds. The molecule has 186 valence electrons. The topological polar surface area (TPSA) is 118 Å². The molecule has 9 nitrogen and oxygen atoms in total. The zero-order valence-electron chi connectivity index (χ0n) is 20.3. The van der Waals surface area contributed by atoms with Gasteiger partial charge in [-0.15, -0.1) is 0 Å². The van der Waals surface area contributed by atoms with Crippen LogP contribution in [0.4, 0.5) is 0 Å². The monoisotopic (exact) mass is 506 g/mol. The number of rotatable bonds is 6. The maximum Gasteiger partial charge on any atom is 0.335 e. The number of pyridine rings is 1. The van der Waals surface area contributed by atoms with E-state index in [1.807, 2.05) is 37.3 Å². The summed E-state index contributed by atoms with van der Waals surface area (Å²) < 4.78 is 8.60. The molecule has 4 rings (SSSR count). The minimum Gasteiger partial charge on any atom is -0.439 e. The average Bonchev–Trinajstić information content (AvgIpc) is 2.84. The van der Waals surface area contributed by atoms with E-state index in [1.165, 1.54) is 9.13 Å². The molecule has 0 aromatic carbocycles. The fourth-order valence-electron chi connectivity index (χ4n) is 4.10. The van der Waals surface area contributed by atoms with E-state index in [9.17, 15) is 9.59 Å². The molecule has 2 aliphatic rings. The Hall–Kier alpha value is -3.90. The molecule has 0 bridgehead atoms. The zero-order chi connectivity index (χ0) is 25.8. The quantitative estimate of drug-likeness (QED) is 0.643. The summed E-state index contributed by atoms with van der Waals surface area (Å²) in [5.74, 6) is 1.00. The van der Waals surface area contributed by atoms with E-state index >= 15 is 0 Å². The molecule has 2 aromatic rings. The maximum absolute atomic E-state index is 13.3. The Morgan fingerprint density at radius 1 is 1.31 bits per heavy atom. The van der Waals surface area contributed by atoms with Crippen LogP contribution >= 0.6 is 11.6 Å². The van der Waals surface area contributed by atoms with Crippen LogP contribution in [0.5, 0.6) is 5.88 Å². The third-order valence-electron chi connectivity index (χ3n) is 5.95. The van der Waals surface area contributed by atoms with Gasteiger partial charge in [-0.3, -0.25) is 9.55 Å². The Morgan fingerprint density at radius 2 is 2.11 bits per heavy atom. The lowest BCUT2D eigenvalue weighted by molar-refractivity contribution is 0.409. The van der Waals surface area contributed by atoms with Crippen molar-refractivity contribution in [2.24, 2.45) is 10.9 Å². The van der Waals surface area contributed by atoms with Gasteiger partial charge >= 0.3 is 11.4 Å². The van der Waals surface area contributed by atoms with Crippen LogP contribution in [0.25, 0.3) is 0 Å². The van der Waals surface area contributed by atoms with Crippen molar-refractivity contribution >= 4 is 11.6 Å². The molecule has 1 N–H and O–H groups in total. The van der Waals surface area contributed by atoms with Gasteiger partial charge in [-0.25, -0.2) is 24.1 Å². The summed E-state index contributed by atoms with van der Waals surface area (Å²) in [6.07, 6.45) is 10.6. The molecule has 0 fully saturated rings. The lowest BCUT2D eigenvalue weighted by Gasteiger charge is -2.20. The van der Waals surface area contributed by atoms with E-state index in [0.29, 0.717) is 36.1 Å². The lowest BCUT2D eigenvalue weighted by Crippen LogP contribution is -2.51.